The highest BCUT2D eigenvalue weighted by atomic mass is 35.5. The predicted molar refractivity (Wildman–Crippen MR) is 80.2 cm³/mol. The summed E-state index contributed by atoms with van der Waals surface area (Å²) in [4.78, 5) is 15.8. The zero-order chi connectivity index (χ0) is 15.5. The normalized spacial score (nSPS) is 12.9. The summed E-state index contributed by atoms with van der Waals surface area (Å²) >= 11 is 11.9. The Balaban J connectivity index is 2.95. The molecule has 0 spiro atoms. The van der Waals surface area contributed by atoms with Gasteiger partial charge in [-0.05, 0) is 39.3 Å². The molecule has 7 heteroatoms. The molecule has 1 unspecified atom stereocenters. The SMILES string of the molecule is Cc1cc(Cl)nc(Cl)c1C(CN)NC(=O)OC(C)(C)C. The summed E-state index contributed by atoms with van der Waals surface area (Å²) in [7, 11) is 0. The highest BCUT2D eigenvalue weighted by Crippen LogP contribution is 2.27. The average Bonchev–Trinajstić information content (AvgIpc) is 2.23. The van der Waals surface area contributed by atoms with Crippen molar-refractivity contribution in [2.75, 3.05) is 6.54 Å². The predicted octanol–water partition coefficient (Wildman–Crippen LogP) is 3.22. The molecule has 3 N–H and O–H groups in total. The summed E-state index contributed by atoms with van der Waals surface area (Å²) in [6, 6.07) is 1.18. The molecule has 0 saturated carbocycles. The number of pyridine rings is 1. The lowest BCUT2D eigenvalue weighted by Gasteiger charge is -2.24. The molecule has 1 rings (SSSR count). The van der Waals surface area contributed by atoms with Crippen molar-refractivity contribution in [1.82, 2.24) is 10.3 Å². The number of hydrogen-bond donors (Lipinski definition) is 2. The number of nitrogens with two attached hydrogens (primary N) is 1. The van der Waals surface area contributed by atoms with Crippen LogP contribution in [0.2, 0.25) is 10.3 Å². The van der Waals surface area contributed by atoms with Gasteiger partial charge in [0, 0.05) is 12.1 Å². The Morgan fingerprint density at radius 2 is 2.10 bits per heavy atom. The van der Waals surface area contributed by atoms with Crippen molar-refractivity contribution in [3.63, 3.8) is 0 Å². The first kappa shape index (κ1) is 17.0. The molecule has 1 aromatic heterocycles. The van der Waals surface area contributed by atoms with Crippen molar-refractivity contribution in [1.29, 1.82) is 0 Å². The molecule has 1 atom stereocenters. The fourth-order valence-corrected chi connectivity index (χ4v) is 2.39. The van der Waals surface area contributed by atoms with Gasteiger partial charge in [0.05, 0.1) is 6.04 Å². The maximum atomic E-state index is 11.8. The summed E-state index contributed by atoms with van der Waals surface area (Å²) in [5, 5.41) is 3.21. The monoisotopic (exact) mass is 319 g/mol. The molecule has 0 aliphatic heterocycles. The molecule has 1 aromatic rings. The molecular formula is C13H19Cl2N3O2. The van der Waals surface area contributed by atoms with Gasteiger partial charge >= 0.3 is 6.09 Å². The van der Waals surface area contributed by atoms with E-state index in [2.05, 4.69) is 10.3 Å². The van der Waals surface area contributed by atoms with Gasteiger partial charge in [-0.2, -0.15) is 0 Å². The van der Waals surface area contributed by atoms with Crippen LogP contribution in [0.3, 0.4) is 0 Å². The van der Waals surface area contributed by atoms with E-state index in [1.807, 2.05) is 6.92 Å². The van der Waals surface area contributed by atoms with Crippen molar-refractivity contribution in [2.24, 2.45) is 5.73 Å². The molecular weight excluding hydrogens is 301 g/mol. The topological polar surface area (TPSA) is 77.2 Å². The van der Waals surface area contributed by atoms with Crippen molar-refractivity contribution >= 4 is 29.3 Å². The number of nitrogens with zero attached hydrogens (tertiary/aromatic N) is 1. The fourth-order valence-electron chi connectivity index (χ4n) is 1.72. The van der Waals surface area contributed by atoms with Gasteiger partial charge in [0.1, 0.15) is 15.9 Å². The Morgan fingerprint density at radius 3 is 2.55 bits per heavy atom. The van der Waals surface area contributed by atoms with E-state index in [4.69, 9.17) is 33.7 Å². The number of aromatic nitrogens is 1. The van der Waals surface area contributed by atoms with Gasteiger partial charge in [0.25, 0.3) is 0 Å². The quantitative estimate of drug-likeness (QED) is 0.838. The molecule has 20 heavy (non-hydrogen) atoms. The molecule has 0 fully saturated rings. The summed E-state index contributed by atoms with van der Waals surface area (Å²) in [5.74, 6) is 0. The van der Waals surface area contributed by atoms with Crippen LogP contribution in [0.15, 0.2) is 6.07 Å². The lowest BCUT2D eigenvalue weighted by molar-refractivity contribution is 0.0505. The number of carbonyl (C=O) groups excluding carboxylic acids is 1. The summed E-state index contributed by atoms with van der Waals surface area (Å²) < 4.78 is 5.20. The number of aryl methyl sites for hydroxylation is 1. The lowest BCUT2D eigenvalue weighted by atomic mass is 10.0. The third kappa shape index (κ3) is 4.81. The van der Waals surface area contributed by atoms with E-state index in [1.165, 1.54) is 0 Å². The zero-order valence-corrected chi connectivity index (χ0v) is 13.5. The smallest absolute Gasteiger partial charge is 0.408 e. The van der Waals surface area contributed by atoms with E-state index < -0.39 is 17.7 Å². The lowest BCUT2D eigenvalue weighted by Crippen LogP contribution is -2.38. The van der Waals surface area contributed by atoms with Crippen LogP contribution in [-0.2, 0) is 4.74 Å². The number of rotatable bonds is 3. The second-order valence-corrected chi connectivity index (χ2v) is 6.15. The van der Waals surface area contributed by atoms with Crippen LogP contribution in [0.5, 0.6) is 0 Å². The van der Waals surface area contributed by atoms with Gasteiger partial charge < -0.3 is 15.8 Å². The first-order valence-electron chi connectivity index (χ1n) is 6.16. The van der Waals surface area contributed by atoms with E-state index >= 15 is 0 Å². The Labute approximate surface area is 128 Å². The minimum absolute atomic E-state index is 0.170. The molecule has 0 bridgehead atoms. The number of hydrogen-bond acceptors (Lipinski definition) is 4. The van der Waals surface area contributed by atoms with Gasteiger partial charge in [-0.1, -0.05) is 23.2 Å². The van der Waals surface area contributed by atoms with Gasteiger partial charge in [-0.15, -0.1) is 0 Å². The number of amides is 1. The highest BCUT2D eigenvalue weighted by molar-refractivity contribution is 6.33. The first-order chi connectivity index (χ1) is 9.14. The molecule has 5 nitrogen and oxygen atoms in total. The third-order valence-corrected chi connectivity index (χ3v) is 2.94. The molecule has 0 aliphatic carbocycles. The Hall–Kier alpha value is -1.04. The number of alkyl carbamates (subject to hydrolysis) is 1. The van der Waals surface area contributed by atoms with Crippen LogP contribution >= 0.6 is 23.2 Å². The number of nitrogens with one attached hydrogen (secondary N) is 1. The van der Waals surface area contributed by atoms with E-state index in [1.54, 1.807) is 26.8 Å². The van der Waals surface area contributed by atoms with Crippen LogP contribution in [0.4, 0.5) is 4.79 Å². The molecule has 0 aliphatic rings. The van der Waals surface area contributed by atoms with Crippen LogP contribution in [0, 0.1) is 6.92 Å². The molecule has 0 aromatic carbocycles. The summed E-state index contributed by atoms with van der Waals surface area (Å²) in [6.45, 7) is 7.35. The van der Waals surface area contributed by atoms with Gasteiger partial charge in [0.2, 0.25) is 0 Å². The largest absolute Gasteiger partial charge is 0.444 e. The minimum Gasteiger partial charge on any atom is -0.444 e. The second kappa shape index (κ2) is 6.61. The summed E-state index contributed by atoms with van der Waals surface area (Å²) in [5.41, 5.74) is 6.57. The van der Waals surface area contributed by atoms with Crippen LogP contribution in [-0.4, -0.2) is 23.2 Å². The van der Waals surface area contributed by atoms with E-state index in [-0.39, 0.29) is 11.7 Å². The third-order valence-electron chi connectivity index (χ3n) is 2.46. The maximum Gasteiger partial charge on any atom is 0.408 e. The van der Waals surface area contributed by atoms with Crippen molar-refractivity contribution < 1.29 is 9.53 Å². The van der Waals surface area contributed by atoms with Gasteiger partial charge in [-0.25, -0.2) is 9.78 Å². The van der Waals surface area contributed by atoms with Crippen molar-refractivity contribution in [2.45, 2.75) is 39.3 Å². The first-order valence-corrected chi connectivity index (χ1v) is 6.91. The number of ether oxygens (including phenoxy) is 1. The Morgan fingerprint density at radius 1 is 1.50 bits per heavy atom. The standard InChI is InChI=1S/C13H19Cl2N3O2/c1-7-5-9(14)18-11(15)10(7)8(6-16)17-12(19)20-13(2,3)4/h5,8H,6,16H2,1-4H3,(H,17,19). The minimum atomic E-state index is -0.583. The van der Waals surface area contributed by atoms with E-state index in [0.29, 0.717) is 10.7 Å². The number of halogens is 2. The molecule has 1 heterocycles. The van der Waals surface area contributed by atoms with E-state index in [9.17, 15) is 4.79 Å². The average molecular weight is 320 g/mol. The van der Waals surface area contributed by atoms with E-state index in [0.717, 1.165) is 5.56 Å². The zero-order valence-electron chi connectivity index (χ0n) is 12.0. The summed E-state index contributed by atoms with van der Waals surface area (Å²) in [6.07, 6.45) is -0.557. The molecule has 112 valence electrons. The van der Waals surface area contributed by atoms with Crippen LogP contribution < -0.4 is 11.1 Å². The second-order valence-electron chi connectivity index (χ2n) is 5.40. The molecule has 0 radical (unpaired) electrons. The van der Waals surface area contributed by atoms with Crippen LogP contribution in [0.25, 0.3) is 0 Å². The van der Waals surface area contributed by atoms with Gasteiger partial charge in [0.15, 0.2) is 0 Å². The van der Waals surface area contributed by atoms with Crippen molar-refractivity contribution in [3.8, 4) is 0 Å². The van der Waals surface area contributed by atoms with Gasteiger partial charge in [-0.3, -0.25) is 0 Å². The Kier molecular flexibility index (Phi) is 5.62. The molecule has 1 amide bonds. The highest BCUT2D eigenvalue weighted by Gasteiger charge is 2.23. The molecule has 0 saturated heterocycles. The van der Waals surface area contributed by atoms with Crippen LogP contribution in [0.1, 0.15) is 37.9 Å². The van der Waals surface area contributed by atoms with Crippen molar-refractivity contribution in [3.05, 3.63) is 27.5 Å². The number of carbonyl (C=O) groups is 1. The maximum absolute atomic E-state index is 11.8. The Bertz CT molecular complexity index is 478. The fraction of sp³-hybridized carbons (Fsp3) is 0.538.